The topological polar surface area (TPSA) is 202 Å². The van der Waals surface area contributed by atoms with E-state index in [4.69, 9.17) is 15.3 Å². The van der Waals surface area contributed by atoms with E-state index in [0.717, 1.165) is 11.1 Å². The lowest BCUT2D eigenvalue weighted by Gasteiger charge is -2.28. The summed E-state index contributed by atoms with van der Waals surface area (Å²) < 4.78 is 34.2. The maximum absolute atomic E-state index is 13.4. The van der Waals surface area contributed by atoms with E-state index < -0.39 is 58.3 Å². The van der Waals surface area contributed by atoms with Gasteiger partial charge in [0.15, 0.2) is 0 Å². The number of ether oxygens (including phenoxy) is 1. The monoisotopic (exact) mass is 678 g/mol. The highest BCUT2D eigenvalue weighted by atomic mass is 32.2. The second-order valence-electron chi connectivity index (χ2n) is 12.0. The molecular weight excluding hydrogens is 640 g/mol. The summed E-state index contributed by atoms with van der Waals surface area (Å²) in [6.45, 7) is 4.54. The van der Waals surface area contributed by atoms with Crippen molar-refractivity contribution in [2.75, 3.05) is 13.1 Å². The number of pyridine rings is 1. The maximum Gasteiger partial charge on any atom is 0.410 e. The Morgan fingerprint density at radius 2 is 1.81 bits per heavy atom. The van der Waals surface area contributed by atoms with E-state index in [9.17, 15) is 27.9 Å². The highest BCUT2D eigenvalue weighted by molar-refractivity contribution is 7.89. The van der Waals surface area contributed by atoms with Gasteiger partial charge in [0.05, 0.1) is 29.2 Å². The third-order valence-electron chi connectivity index (χ3n) is 8.23. The molecule has 15 heteroatoms. The zero-order valence-corrected chi connectivity index (χ0v) is 27.5. The van der Waals surface area contributed by atoms with Crippen molar-refractivity contribution in [1.29, 1.82) is 0 Å². The molecule has 1 spiro atoms. The first-order valence-corrected chi connectivity index (χ1v) is 16.7. The zero-order valence-electron chi connectivity index (χ0n) is 26.7. The number of rotatable bonds is 11. The molecule has 3 heterocycles. The van der Waals surface area contributed by atoms with Gasteiger partial charge in [-0.1, -0.05) is 54.1 Å². The summed E-state index contributed by atoms with van der Waals surface area (Å²) >= 11 is 0. The van der Waals surface area contributed by atoms with Crippen LogP contribution in [0, 0.1) is 20.8 Å². The van der Waals surface area contributed by atoms with Crippen LogP contribution in [0.1, 0.15) is 40.4 Å². The number of aromatic nitrogens is 1. The van der Waals surface area contributed by atoms with Crippen molar-refractivity contribution in [2.45, 2.75) is 62.4 Å². The van der Waals surface area contributed by atoms with Crippen LogP contribution in [0.15, 0.2) is 83.5 Å². The van der Waals surface area contributed by atoms with Gasteiger partial charge < -0.3 is 20.9 Å². The van der Waals surface area contributed by atoms with E-state index in [2.05, 4.69) is 20.5 Å². The van der Waals surface area contributed by atoms with Gasteiger partial charge >= 0.3 is 12.1 Å². The Hall–Kier alpha value is -4.83. The number of aryl methyl sites for hydroxylation is 3. The fourth-order valence-electron chi connectivity index (χ4n) is 6.10. The third-order valence-corrected chi connectivity index (χ3v) is 10.0. The highest BCUT2D eigenvalue weighted by Gasteiger charge is 2.52. The number of benzene rings is 2. The Balaban J connectivity index is 1.29. The standard InChI is InChI=1S/C33H38N6O8S/c1-20-13-21(2)29(22(3)14-20)48(44,45)38-26(31(41)42)17-36-30(40)25-15-33(47-37-25)16-27(28(34)24-11-7-8-12-35-24)39(19-33)32(43)46-18-23-9-5-4-6-10-23/h4-15,26-28,37-38H,16-19,34H2,1-3H3,(H,36,40)(H,41,42)/t26?,27?,28?,33-/m1/s1. The molecule has 2 aliphatic heterocycles. The number of carbonyl (C=O) groups excluding carboxylic acids is 2. The molecule has 2 amide bonds. The van der Waals surface area contributed by atoms with Crippen molar-refractivity contribution >= 4 is 28.0 Å². The van der Waals surface area contributed by atoms with Gasteiger partial charge in [0.2, 0.25) is 10.0 Å². The summed E-state index contributed by atoms with van der Waals surface area (Å²) in [5.41, 5.74) is 11.1. The van der Waals surface area contributed by atoms with E-state index >= 15 is 0 Å². The molecule has 1 fully saturated rings. The Kier molecular flexibility index (Phi) is 10.1. The normalized spacial score (nSPS) is 20.1. The first-order valence-electron chi connectivity index (χ1n) is 15.2. The zero-order chi connectivity index (χ0) is 34.6. The van der Waals surface area contributed by atoms with Gasteiger partial charge in [0.25, 0.3) is 5.91 Å². The number of sulfonamides is 1. The molecule has 2 aliphatic rings. The molecule has 3 aromatic rings. The predicted molar refractivity (Wildman–Crippen MR) is 173 cm³/mol. The first-order chi connectivity index (χ1) is 22.8. The first kappa shape index (κ1) is 34.5. The molecule has 14 nitrogen and oxygen atoms in total. The van der Waals surface area contributed by atoms with E-state index in [1.165, 1.54) is 11.0 Å². The number of carboxylic acid groups (broad SMARTS) is 1. The van der Waals surface area contributed by atoms with Gasteiger partial charge in [0.1, 0.15) is 23.9 Å². The van der Waals surface area contributed by atoms with E-state index in [0.29, 0.717) is 16.8 Å². The van der Waals surface area contributed by atoms with Gasteiger partial charge in [-0.2, -0.15) is 4.72 Å². The highest BCUT2D eigenvalue weighted by Crippen LogP contribution is 2.39. The smallest absolute Gasteiger partial charge is 0.410 e. The number of carboxylic acids is 1. The lowest BCUT2D eigenvalue weighted by atomic mass is 9.94. The minimum atomic E-state index is -4.25. The fraction of sp³-hybridized carbons (Fsp3) is 0.333. The molecule has 0 aliphatic carbocycles. The van der Waals surface area contributed by atoms with Crippen molar-refractivity contribution < 1.29 is 37.5 Å². The Bertz CT molecular complexity index is 1800. The number of hydrogen-bond acceptors (Lipinski definition) is 10. The van der Waals surface area contributed by atoms with Gasteiger partial charge in [-0.3, -0.25) is 29.8 Å². The van der Waals surface area contributed by atoms with Crippen LogP contribution in [-0.2, 0) is 35.8 Å². The number of nitrogens with two attached hydrogens (primary N) is 1. The lowest BCUT2D eigenvalue weighted by molar-refractivity contribution is -0.138. The number of amides is 2. The van der Waals surface area contributed by atoms with Gasteiger partial charge in [0, 0.05) is 19.2 Å². The molecule has 4 atom stereocenters. The molecule has 5 rings (SSSR count). The second kappa shape index (κ2) is 14.1. The van der Waals surface area contributed by atoms with Crippen LogP contribution in [0.3, 0.4) is 0 Å². The van der Waals surface area contributed by atoms with E-state index in [-0.39, 0.29) is 30.2 Å². The van der Waals surface area contributed by atoms with Crippen LogP contribution in [-0.4, -0.2) is 72.2 Å². The minimum Gasteiger partial charge on any atom is -0.480 e. The molecule has 48 heavy (non-hydrogen) atoms. The Morgan fingerprint density at radius 3 is 2.46 bits per heavy atom. The molecule has 0 bridgehead atoms. The Labute approximate surface area is 278 Å². The number of nitrogens with one attached hydrogen (secondary N) is 3. The number of likely N-dealkylation sites (tertiary alicyclic amines) is 1. The van der Waals surface area contributed by atoms with Crippen LogP contribution in [0.2, 0.25) is 0 Å². The summed E-state index contributed by atoms with van der Waals surface area (Å²) in [6.07, 6.45) is 2.66. The number of aliphatic carboxylic acids is 1. The van der Waals surface area contributed by atoms with Gasteiger partial charge in [-0.25, -0.2) is 13.2 Å². The van der Waals surface area contributed by atoms with Gasteiger partial charge in [-0.15, -0.1) is 0 Å². The number of hydrogen-bond donors (Lipinski definition) is 5. The molecule has 1 aromatic heterocycles. The molecule has 1 saturated heterocycles. The van der Waals surface area contributed by atoms with Crippen LogP contribution in [0.5, 0.6) is 0 Å². The molecule has 6 N–H and O–H groups in total. The summed E-state index contributed by atoms with van der Waals surface area (Å²) in [6, 6.07) is 14.9. The molecule has 0 saturated carbocycles. The summed E-state index contributed by atoms with van der Waals surface area (Å²) in [5, 5.41) is 12.2. The molecule has 2 aromatic carbocycles. The van der Waals surface area contributed by atoms with Crippen LogP contribution < -0.4 is 21.3 Å². The number of carbonyl (C=O) groups is 3. The molecule has 254 valence electrons. The Morgan fingerprint density at radius 1 is 1.12 bits per heavy atom. The largest absolute Gasteiger partial charge is 0.480 e. The van der Waals surface area contributed by atoms with Crippen LogP contribution in [0.25, 0.3) is 0 Å². The second-order valence-corrected chi connectivity index (χ2v) is 13.6. The maximum atomic E-state index is 13.4. The van der Waals surface area contributed by atoms with Crippen LogP contribution in [0.4, 0.5) is 4.79 Å². The third kappa shape index (κ3) is 7.65. The van der Waals surface area contributed by atoms with Crippen molar-refractivity contribution in [1.82, 2.24) is 25.4 Å². The van der Waals surface area contributed by atoms with Crippen LogP contribution >= 0.6 is 0 Å². The van der Waals surface area contributed by atoms with Crippen molar-refractivity contribution in [3.63, 3.8) is 0 Å². The molecular formula is C33H38N6O8S. The summed E-state index contributed by atoms with van der Waals surface area (Å²) in [4.78, 5) is 50.2. The summed E-state index contributed by atoms with van der Waals surface area (Å²) in [7, 11) is -4.25. The number of hydroxylamine groups is 1. The predicted octanol–water partition coefficient (Wildman–Crippen LogP) is 2.12. The molecule has 0 radical (unpaired) electrons. The number of nitrogens with zero attached hydrogens (tertiary/aromatic N) is 2. The SMILES string of the molecule is Cc1cc(C)c(S(=O)(=O)NC(CNC(=O)C2=C[C@]3(CC(C(N)c4ccccn4)N(C(=O)OCc4ccccc4)C3)ON2)C(=O)O)c(C)c1. The molecule has 3 unspecified atom stereocenters. The van der Waals surface area contributed by atoms with Crippen molar-refractivity contribution in [3.05, 3.63) is 107 Å². The lowest BCUT2D eigenvalue weighted by Crippen LogP contribution is -2.49. The minimum absolute atomic E-state index is 0.0115. The fourth-order valence-corrected chi connectivity index (χ4v) is 7.75. The van der Waals surface area contributed by atoms with Crippen molar-refractivity contribution in [3.8, 4) is 0 Å². The van der Waals surface area contributed by atoms with Crippen molar-refractivity contribution in [2.24, 2.45) is 5.73 Å². The average Bonchev–Trinajstić information content (AvgIpc) is 3.65. The van der Waals surface area contributed by atoms with E-state index in [1.54, 1.807) is 50.4 Å². The average molecular weight is 679 g/mol. The quantitative estimate of drug-likeness (QED) is 0.199. The van der Waals surface area contributed by atoms with E-state index in [1.807, 2.05) is 37.3 Å². The summed E-state index contributed by atoms with van der Waals surface area (Å²) in [5.74, 6) is -2.22. The van der Waals surface area contributed by atoms with Gasteiger partial charge in [-0.05, 0) is 55.7 Å².